The average Bonchev–Trinajstić information content (AvgIpc) is 3.23. The van der Waals surface area contributed by atoms with Gasteiger partial charge in [0.1, 0.15) is 17.2 Å². The Kier molecular flexibility index (Phi) is 6.36. The summed E-state index contributed by atoms with van der Waals surface area (Å²) in [4.78, 5) is 19.4. The van der Waals surface area contributed by atoms with Crippen molar-refractivity contribution >= 4 is 28.4 Å². The summed E-state index contributed by atoms with van der Waals surface area (Å²) in [6, 6.07) is 4.26. The number of fused-ring (bicyclic) bond motifs is 2. The van der Waals surface area contributed by atoms with Crippen LogP contribution in [0.2, 0.25) is 0 Å². The molecule has 0 radical (unpaired) electrons. The number of hydrogen-bond acceptors (Lipinski definition) is 6. The zero-order chi connectivity index (χ0) is 24.7. The van der Waals surface area contributed by atoms with Gasteiger partial charge >= 0.3 is 0 Å². The predicted octanol–water partition coefficient (Wildman–Crippen LogP) is 4.92. The molecule has 8 heteroatoms. The average molecular weight is 478 g/mol. The quantitative estimate of drug-likeness (QED) is 0.486. The van der Waals surface area contributed by atoms with Gasteiger partial charge in [-0.15, -0.1) is 0 Å². The van der Waals surface area contributed by atoms with E-state index in [2.05, 4.69) is 69.4 Å². The lowest BCUT2D eigenvalue weighted by atomic mass is 9.92. The van der Waals surface area contributed by atoms with Crippen molar-refractivity contribution in [2.45, 2.75) is 59.0 Å². The topological polar surface area (TPSA) is 81.2 Å². The van der Waals surface area contributed by atoms with Gasteiger partial charge in [-0.2, -0.15) is 4.98 Å². The molecule has 1 saturated heterocycles. The maximum absolute atomic E-state index is 15.2. The van der Waals surface area contributed by atoms with Crippen molar-refractivity contribution in [1.82, 2.24) is 25.2 Å². The second-order valence-electron chi connectivity index (χ2n) is 11.3. The number of piperidine rings is 1. The van der Waals surface area contributed by atoms with E-state index in [0.29, 0.717) is 17.7 Å². The first-order valence-corrected chi connectivity index (χ1v) is 12.6. The van der Waals surface area contributed by atoms with E-state index in [-0.39, 0.29) is 17.3 Å². The first kappa shape index (κ1) is 23.9. The van der Waals surface area contributed by atoms with Crippen LogP contribution in [0.1, 0.15) is 46.1 Å². The molecule has 5 rings (SSSR count). The van der Waals surface area contributed by atoms with E-state index >= 15 is 4.39 Å². The Labute approximate surface area is 206 Å². The minimum atomic E-state index is -0.284. The van der Waals surface area contributed by atoms with Crippen molar-refractivity contribution in [2.75, 3.05) is 32.0 Å². The molecule has 1 fully saturated rings. The molecule has 0 bridgehead atoms. The predicted molar refractivity (Wildman–Crippen MR) is 141 cm³/mol. The number of aromatic nitrogens is 3. The molecule has 1 aromatic carbocycles. The number of nitrogens with zero attached hydrogens (tertiary/aromatic N) is 4. The lowest BCUT2D eigenvalue weighted by Crippen LogP contribution is -2.49. The highest BCUT2D eigenvalue weighted by Crippen LogP contribution is 2.36. The second-order valence-corrected chi connectivity index (χ2v) is 11.3. The first-order chi connectivity index (χ1) is 16.7. The standard InChI is InChI=1S/C27H36FN7/c1-16-23(33-19-6-8-35(5)9-7-19)12-18-10-17(11-22(28)24(18)32-16)20-13-29-25-21(20)14-30-26(34-25)31-15-27(2,3)4/h10-11,13-14,19,23,33H,6-9,12,15H2,1-5H3,(H2,29,30,31,34)/t23-/m0/s1. The highest BCUT2D eigenvalue weighted by Gasteiger charge is 2.27. The Balaban J connectivity index is 1.39. The molecular formula is C27H36FN7. The van der Waals surface area contributed by atoms with Gasteiger partial charge in [0.05, 0.1) is 0 Å². The molecule has 0 amide bonds. The van der Waals surface area contributed by atoms with Crippen LogP contribution in [0.4, 0.5) is 16.0 Å². The van der Waals surface area contributed by atoms with Crippen LogP contribution in [-0.4, -0.2) is 64.3 Å². The van der Waals surface area contributed by atoms with Gasteiger partial charge in [0.2, 0.25) is 5.95 Å². The number of halogens is 1. The fourth-order valence-corrected chi connectivity index (χ4v) is 4.93. The molecule has 0 unspecified atom stereocenters. The van der Waals surface area contributed by atoms with Gasteiger partial charge in [-0.3, -0.25) is 4.99 Å². The number of aromatic amines is 1. The molecule has 3 aromatic rings. The highest BCUT2D eigenvalue weighted by atomic mass is 19.1. The van der Waals surface area contributed by atoms with Crippen LogP contribution in [0.15, 0.2) is 29.5 Å². The smallest absolute Gasteiger partial charge is 0.224 e. The fraction of sp³-hybridized carbons (Fsp3) is 0.519. The molecule has 3 N–H and O–H groups in total. The Morgan fingerprint density at radius 2 is 1.97 bits per heavy atom. The molecule has 2 aliphatic heterocycles. The number of benzene rings is 1. The van der Waals surface area contributed by atoms with Crippen LogP contribution in [-0.2, 0) is 6.42 Å². The number of anilines is 1. The number of H-pyrrole nitrogens is 1. The molecule has 2 aromatic heterocycles. The molecule has 0 saturated carbocycles. The third-order valence-corrected chi connectivity index (χ3v) is 7.03. The number of rotatable bonds is 5. The van der Waals surface area contributed by atoms with E-state index in [1.807, 2.05) is 19.3 Å². The van der Waals surface area contributed by atoms with Crippen LogP contribution < -0.4 is 10.6 Å². The van der Waals surface area contributed by atoms with E-state index in [9.17, 15) is 0 Å². The summed E-state index contributed by atoms with van der Waals surface area (Å²) in [5.74, 6) is 0.304. The van der Waals surface area contributed by atoms with Crippen LogP contribution >= 0.6 is 0 Å². The van der Waals surface area contributed by atoms with Crippen LogP contribution in [0.3, 0.4) is 0 Å². The summed E-state index contributed by atoms with van der Waals surface area (Å²) in [6.45, 7) is 11.5. The lowest BCUT2D eigenvalue weighted by Gasteiger charge is -2.34. The minimum Gasteiger partial charge on any atom is -0.354 e. The number of nitrogens with one attached hydrogen (secondary N) is 3. The van der Waals surface area contributed by atoms with Crippen molar-refractivity contribution in [2.24, 2.45) is 10.4 Å². The van der Waals surface area contributed by atoms with Crippen LogP contribution in [0.25, 0.3) is 22.2 Å². The maximum Gasteiger partial charge on any atom is 0.224 e. The van der Waals surface area contributed by atoms with Crippen molar-refractivity contribution in [3.8, 4) is 11.1 Å². The largest absolute Gasteiger partial charge is 0.354 e. The SMILES string of the molecule is CC1=Nc2c(F)cc(-c3c[nH]c4nc(NCC(C)(C)C)ncc34)cc2C[C@@H]1NC1CCN(C)CC1. The molecule has 2 aliphatic rings. The van der Waals surface area contributed by atoms with Gasteiger partial charge in [-0.1, -0.05) is 20.8 Å². The van der Waals surface area contributed by atoms with Crippen molar-refractivity contribution in [3.05, 3.63) is 35.9 Å². The molecule has 186 valence electrons. The van der Waals surface area contributed by atoms with E-state index in [0.717, 1.165) is 72.3 Å². The number of likely N-dealkylation sites (tertiary alicyclic amines) is 1. The molecule has 35 heavy (non-hydrogen) atoms. The van der Waals surface area contributed by atoms with Crippen molar-refractivity contribution in [3.63, 3.8) is 0 Å². The summed E-state index contributed by atoms with van der Waals surface area (Å²) in [5.41, 5.74) is 4.95. The van der Waals surface area contributed by atoms with Crippen molar-refractivity contribution < 1.29 is 4.39 Å². The van der Waals surface area contributed by atoms with E-state index < -0.39 is 0 Å². The van der Waals surface area contributed by atoms with Gasteiger partial charge in [-0.25, -0.2) is 9.37 Å². The number of aliphatic imine (C=N–C) groups is 1. The molecule has 1 atom stereocenters. The molecule has 0 spiro atoms. The highest BCUT2D eigenvalue weighted by molar-refractivity contribution is 5.95. The van der Waals surface area contributed by atoms with Gasteiger partial charge in [0.25, 0.3) is 0 Å². The lowest BCUT2D eigenvalue weighted by molar-refractivity contribution is 0.231. The maximum atomic E-state index is 15.2. The molecular weight excluding hydrogens is 441 g/mol. The van der Waals surface area contributed by atoms with Crippen LogP contribution in [0, 0.1) is 11.2 Å². The van der Waals surface area contributed by atoms with E-state index in [1.165, 1.54) is 0 Å². The Hall–Kier alpha value is -2.84. The number of hydrogen-bond donors (Lipinski definition) is 3. The summed E-state index contributed by atoms with van der Waals surface area (Å²) < 4.78 is 15.2. The Morgan fingerprint density at radius 1 is 1.20 bits per heavy atom. The summed E-state index contributed by atoms with van der Waals surface area (Å²) in [5, 5.41) is 7.96. The normalized spacial score (nSPS) is 19.6. The van der Waals surface area contributed by atoms with E-state index in [4.69, 9.17) is 0 Å². The van der Waals surface area contributed by atoms with Crippen molar-refractivity contribution in [1.29, 1.82) is 0 Å². The van der Waals surface area contributed by atoms with Crippen LogP contribution in [0.5, 0.6) is 0 Å². The van der Waals surface area contributed by atoms with E-state index in [1.54, 1.807) is 6.07 Å². The van der Waals surface area contributed by atoms with Gasteiger partial charge in [0.15, 0.2) is 0 Å². The summed E-state index contributed by atoms with van der Waals surface area (Å²) in [7, 11) is 2.17. The molecule has 7 nitrogen and oxygen atoms in total. The Morgan fingerprint density at radius 3 is 2.71 bits per heavy atom. The van der Waals surface area contributed by atoms with Gasteiger partial charge in [0, 0.05) is 47.7 Å². The zero-order valence-corrected chi connectivity index (χ0v) is 21.4. The molecule has 0 aliphatic carbocycles. The monoisotopic (exact) mass is 477 g/mol. The summed E-state index contributed by atoms with van der Waals surface area (Å²) >= 11 is 0. The zero-order valence-electron chi connectivity index (χ0n) is 21.4. The van der Waals surface area contributed by atoms with Gasteiger partial charge in [-0.05, 0) is 75.0 Å². The fourth-order valence-electron chi connectivity index (χ4n) is 4.93. The first-order valence-electron chi connectivity index (χ1n) is 12.6. The van der Waals surface area contributed by atoms with Gasteiger partial charge < -0.3 is 20.5 Å². The third kappa shape index (κ3) is 5.23. The molecule has 4 heterocycles. The third-order valence-electron chi connectivity index (χ3n) is 7.03. The summed E-state index contributed by atoms with van der Waals surface area (Å²) in [6.07, 6.45) is 6.69. The Bertz CT molecular complexity index is 1250. The second kappa shape index (κ2) is 9.32. The minimum absolute atomic E-state index is 0.126.